The van der Waals surface area contributed by atoms with E-state index in [0.717, 1.165) is 16.7 Å². The van der Waals surface area contributed by atoms with Gasteiger partial charge in [0.05, 0.1) is 6.54 Å². The molecule has 0 atom stereocenters. The van der Waals surface area contributed by atoms with Gasteiger partial charge in [-0.2, -0.15) is 0 Å². The standard InChI is InChI=1S/C12H18N2O/c1-8-5-9(2)11(13)6-10(8)12(15)7-14(3)4/h5-6H,7,13H2,1-4H3. The van der Waals surface area contributed by atoms with Gasteiger partial charge in [0.2, 0.25) is 0 Å². The molecular weight excluding hydrogens is 188 g/mol. The van der Waals surface area contributed by atoms with Crippen molar-refractivity contribution in [3.05, 3.63) is 28.8 Å². The van der Waals surface area contributed by atoms with Crippen LogP contribution in [0.15, 0.2) is 12.1 Å². The van der Waals surface area contributed by atoms with Crippen molar-refractivity contribution in [2.75, 3.05) is 26.4 Å². The van der Waals surface area contributed by atoms with Gasteiger partial charge in [0.15, 0.2) is 5.78 Å². The first-order chi connectivity index (χ1) is 6.91. The molecule has 0 unspecified atom stereocenters. The molecule has 0 radical (unpaired) electrons. The smallest absolute Gasteiger partial charge is 0.177 e. The lowest BCUT2D eigenvalue weighted by molar-refractivity contribution is 0.0957. The van der Waals surface area contributed by atoms with Crippen molar-refractivity contribution in [3.8, 4) is 0 Å². The third-order valence-electron chi connectivity index (χ3n) is 2.37. The number of aryl methyl sites for hydroxylation is 2. The van der Waals surface area contributed by atoms with Gasteiger partial charge in [-0.25, -0.2) is 0 Å². The van der Waals surface area contributed by atoms with Crippen LogP contribution in [0.2, 0.25) is 0 Å². The summed E-state index contributed by atoms with van der Waals surface area (Å²) in [6.07, 6.45) is 0. The van der Waals surface area contributed by atoms with Gasteiger partial charge in [0, 0.05) is 11.3 Å². The summed E-state index contributed by atoms with van der Waals surface area (Å²) < 4.78 is 0. The number of hydrogen-bond donors (Lipinski definition) is 1. The van der Waals surface area contributed by atoms with E-state index in [2.05, 4.69) is 0 Å². The Bertz CT molecular complexity index is 383. The number of likely N-dealkylation sites (N-methyl/N-ethyl adjacent to an activating group) is 1. The molecule has 1 rings (SSSR count). The minimum absolute atomic E-state index is 0.115. The first-order valence-corrected chi connectivity index (χ1v) is 4.96. The summed E-state index contributed by atoms with van der Waals surface area (Å²) in [5, 5.41) is 0. The van der Waals surface area contributed by atoms with E-state index in [-0.39, 0.29) is 5.78 Å². The van der Waals surface area contributed by atoms with Crippen LogP contribution in [-0.4, -0.2) is 31.3 Å². The van der Waals surface area contributed by atoms with Crippen LogP contribution in [-0.2, 0) is 0 Å². The molecule has 0 spiro atoms. The number of nitrogens with two attached hydrogens (primary N) is 1. The van der Waals surface area contributed by atoms with E-state index in [1.54, 1.807) is 6.07 Å². The Labute approximate surface area is 90.9 Å². The van der Waals surface area contributed by atoms with Gasteiger partial charge in [-0.1, -0.05) is 6.07 Å². The number of carbonyl (C=O) groups is 1. The molecule has 1 aromatic carbocycles. The third kappa shape index (κ3) is 2.80. The quantitative estimate of drug-likeness (QED) is 0.604. The SMILES string of the molecule is Cc1cc(C)c(C(=O)CN(C)C)cc1N. The number of carbonyl (C=O) groups excluding carboxylic acids is 1. The van der Waals surface area contributed by atoms with E-state index in [4.69, 9.17) is 5.73 Å². The predicted molar refractivity (Wildman–Crippen MR) is 63.2 cm³/mol. The van der Waals surface area contributed by atoms with Gasteiger partial charge in [-0.3, -0.25) is 4.79 Å². The van der Waals surface area contributed by atoms with E-state index in [1.165, 1.54) is 0 Å². The van der Waals surface area contributed by atoms with Gasteiger partial charge in [-0.15, -0.1) is 0 Å². The van der Waals surface area contributed by atoms with Crippen molar-refractivity contribution in [2.24, 2.45) is 0 Å². The minimum atomic E-state index is 0.115. The highest BCUT2D eigenvalue weighted by molar-refractivity contribution is 5.99. The topological polar surface area (TPSA) is 46.3 Å². The zero-order chi connectivity index (χ0) is 11.6. The summed E-state index contributed by atoms with van der Waals surface area (Å²) in [6, 6.07) is 3.73. The number of Topliss-reactive ketones (excluding diaryl/α,β-unsaturated/α-hetero) is 1. The Hall–Kier alpha value is -1.35. The molecule has 0 aromatic heterocycles. The molecule has 2 N–H and O–H groups in total. The van der Waals surface area contributed by atoms with Crippen molar-refractivity contribution >= 4 is 11.5 Å². The second-order valence-corrected chi connectivity index (χ2v) is 4.18. The molecule has 0 heterocycles. The van der Waals surface area contributed by atoms with Crippen LogP contribution < -0.4 is 5.73 Å². The van der Waals surface area contributed by atoms with Crippen LogP contribution in [0.5, 0.6) is 0 Å². The molecule has 0 amide bonds. The summed E-state index contributed by atoms with van der Waals surface area (Å²) in [5.74, 6) is 0.115. The lowest BCUT2D eigenvalue weighted by Gasteiger charge is -2.12. The lowest BCUT2D eigenvalue weighted by Crippen LogP contribution is -2.22. The van der Waals surface area contributed by atoms with Gasteiger partial charge < -0.3 is 10.6 Å². The number of rotatable bonds is 3. The molecule has 0 aliphatic heterocycles. The fraction of sp³-hybridized carbons (Fsp3) is 0.417. The molecule has 15 heavy (non-hydrogen) atoms. The largest absolute Gasteiger partial charge is 0.398 e. The zero-order valence-electron chi connectivity index (χ0n) is 9.79. The van der Waals surface area contributed by atoms with Crippen LogP contribution >= 0.6 is 0 Å². The maximum atomic E-state index is 11.8. The number of nitrogens with zero attached hydrogens (tertiary/aromatic N) is 1. The van der Waals surface area contributed by atoms with Crippen molar-refractivity contribution in [1.82, 2.24) is 4.90 Å². The van der Waals surface area contributed by atoms with Gasteiger partial charge in [0.1, 0.15) is 0 Å². The van der Waals surface area contributed by atoms with Crippen LogP contribution in [0, 0.1) is 13.8 Å². The van der Waals surface area contributed by atoms with Gasteiger partial charge >= 0.3 is 0 Å². The fourth-order valence-corrected chi connectivity index (χ4v) is 1.54. The van der Waals surface area contributed by atoms with E-state index >= 15 is 0 Å². The second-order valence-electron chi connectivity index (χ2n) is 4.18. The first kappa shape index (κ1) is 11.7. The van der Waals surface area contributed by atoms with Crippen molar-refractivity contribution in [3.63, 3.8) is 0 Å². The molecule has 0 fully saturated rings. The number of anilines is 1. The first-order valence-electron chi connectivity index (χ1n) is 4.96. The van der Waals surface area contributed by atoms with E-state index in [0.29, 0.717) is 12.2 Å². The van der Waals surface area contributed by atoms with Gasteiger partial charge in [-0.05, 0) is 45.1 Å². The normalized spacial score (nSPS) is 10.7. The Morgan fingerprint density at radius 2 is 1.87 bits per heavy atom. The molecule has 82 valence electrons. The highest BCUT2D eigenvalue weighted by atomic mass is 16.1. The molecule has 0 bridgehead atoms. The number of hydrogen-bond acceptors (Lipinski definition) is 3. The van der Waals surface area contributed by atoms with E-state index < -0.39 is 0 Å². The Balaban J connectivity index is 3.04. The fourth-order valence-electron chi connectivity index (χ4n) is 1.54. The molecule has 3 nitrogen and oxygen atoms in total. The molecule has 0 aliphatic rings. The highest BCUT2D eigenvalue weighted by Gasteiger charge is 2.11. The summed E-state index contributed by atoms with van der Waals surface area (Å²) in [6.45, 7) is 4.31. The molecule has 0 aliphatic carbocycles. The molecule has 0 saturated heterocycles. The van der Waals surface area contributed by atoms with Crippen LogP contribution in [0.3, 0.4) is 0 Å². The van der Waals surface area contributed by atoms with E-state index in [1.807, 2.05) is 38.9 Å². The highest BCUT2D eigenvalue weighted by Crippen LogP contribution is 2.18. The molecule has 1 aromatic rings. The van der Waals surface area contributed by atoms with Crippen LogP contribution in [0.25, 0.3) is 0 Å². The number of nitrogen functional groups attached to an aromatic ring is 1. The van der Waals surface area contributed by atoms with Crippen LogP contribution in [0.4, 0.5) is 5.69 Å². The lowest BCUT2D eigenvalue weighted by atomic mass is 10.0. The maximum Gasteiger partial charge on any atom is 0.177 e. The molecule has 0 saturated carbocycles. The summed E-state index contributed by atoms with van der Waals surface area (Å²) >= 11 is 0. The predicted octanol–water partition coefficient (Wildman–Crippen LogP) is 1.63. The van der Waals surface area contributed by atoms with Gasteiger partial charge in [0.25, 0.3) is 0 Å². The van der Waals surface area contributed by atoms with E-state index in [9.17, 15) is 4.79 Å². The molecule has 3 heteroatoms. The third-order valence-corrected chi connectivity index (χ3v) is 2.37. The summed E-state index contributed by atoms with van der Waals surface area (Å²) in [5.41, 5.74) is 9.22. The summed E-state index contributed by atoms with van der Waals surface area (Å²) in [4.78, 5) is 13.7. The second kappa shape index (κ2) is 4.45. The van der Waals surface area contributed by atoms with Crippen molar-refractivity contribution in [2.45, 2.75) is 13.8 Å². The maximum absolute atomic E-state index is 11.8. The Morgan fingerprint density at radius 1 is 1.27 bits per heavy atom. The minimum Gasteiger partial charge on any atom is -0.398 e. The zero-order valence-corrected chi connectivity index (χ0v) is 9.79. The Morgan fingerprint density at radius 3 is 2.40 bits per heavy atom. The van der Waals surface area contributed by atoms with Crippen molar-refractivity contribution < 1.29 is 4.79 Å². The number of ketones is 1. The number of benzene rings is 1. The monoisotopic (exact) mass is 206 g/mol. The average Bonchev–Trinajstić information content (AvgIpc) is 2.09. The average molecular weight is 206 g/mol. The Kier molecular flexibility index (Phi) is 3.48. The summed E-state index contributed by atoms with van der Waals surface area (Å²) in [7, 11) is 3.76. The van der Waals surface area contributed by atoms with Crippen molar-refractivity contribution in [1.29, 1.82) is 0 Å². The van der Waals surface area contributed by atoms with Crippen LogP contribution in [0.1, 0.15) is 21.5 Å². The molecular formula is C12H18N2O.